The highest BCUT2D eigenvalue weighted by atomic mass is 32.1. The lowest BCUT2D eigenvalue weighted by atomic mass is 10.0. The molecule has 0 saturated carbocycles. The topological polar surface area (TPSA) is 85.6 Å². The summed E-state index contributed by atoms with van der Waals surface area (Å²) in [6, 6.07) is 0. The molecule has 1 rings (SSSR count). The van der Waals surface area contributed by atoms with Crippen molar-refractivity contribution in [1.29, 1.82) is 0 Å². The standard InChI is InChI=1S/C9H16N2O3S/c1-2-7-3-15-8(10-7)11-9(4-12,5-13)6-14/h3,12-14H,2,4-6H2,1H3,(H,10,11). The average molecular weight is 232 g/mol. The summed E-state index contributed by atoms with van der Waals surface area (Å²) in [6.45, 7) is 0.958. The first-order valence-electron chi connectivity index (χ1n) is 4.75. The SMILES string of the molecule is CCc1csc(NC(CO)(CO)CO)n1. The van der Waals surface area contributed by atoms with E-state index < -0.39 is 5.54 Å². The van der Waals surface area contributed by atoms with Crippen molar-refractivity contribution in [3.8, 4) is 0 Å². The molecule has 0 saturated heterocycles. The van der Waals surface area contributed by atoms with Crippen LogP contribution in [0, 0.1) is 0 Å². The molecule has 0 aromatic carbocycles. The largest absolute Gasteiger partial charge is 0.394 e. The molecule has 0 fully saturated rings. The van der Waals surface area contributed by atoms with Gasteiger partial charge in [0, 0.05) is 5.38 Å². The number of aliphatic hydroxyl groups is 3. The van der Waals surface area contributed by atoms with Crippen LogP contribution in [0.1, 0.15) is 12.6 Å². The lowest BCUT2D eigenvalue weighted by Gasteiger charge is -2.28. The summed E-state index contributed by atoms with van der Waals surface area (Å²) in [5.41, 5.74) is -0.145. The van der Waals surface area contributed by atoms with Crippen LogP contribution in [0.15, 0.2) is 5.38 Å². The molecular weight excluding hydrogens is 216 g/mol. The molecule has 0 aliphatic carbocycles. The molecule has 15 heavy (non-hydrogen) atoms. The van der Waals surface area contributed by atoms with E-state index in [9.17, 15) is 0 Å². The number of aryl methyl sites for hydroxylation is 1. The summed E-state index contributed by atoms with van der Waals surface area (Å²) in [5, 5.41) is 32.6. The Labute approximate surface area is 92.4 Å². The fourth-order valence-electron chi connectivity index (χ4n) is 1.02. The minimum absolute atomic E-state index is 0.346. The fraction of sp³-hybridized carbons (Fsp3) is 0.667. The molecule has 0 radical (unpaired) electrons. The number of nitrogens with zero attached hydrogens (tertiary/aromatic N) is 1. The highest BCUT2D eigenvalue weighted by Crippen LogP contribution is 2.20. The van der Waals surface area contributed by atoms with Gasteiger partial charge in [0.2, 0.25) is 0 Å². The maximum Gasteiger partial charge on any atom is 0.183 e. The van der Waals surface area contributed by atoms with Gasteiger partial charge in [-0.05, 0) is 6.42 Å². The van der Waals surface area contributed by atoms with Crippen LogP contribution in [0.3, 0.4) is 0 Å². The smallest absolute Gasteiger partial charge is 0.183 e. The van der Waals surface area contributed by atoms with Crippen molar-refractivity contribution < 1.29 is 15.3 Å². The highest BCUT2D eigenvalue weighted by molar-refractivity contribution is 7.13. The third-order valence-electron chi connectivity index (χ3n) is 2.19. The van der Waals surface area contributed by atoms with Gasteiger partial charge in [-0.1, -0.05) is 6.92 Å². The first-order chi connectivity index (χ1) is 7.19. The summed E-state index contributed by atoms with van der Waals surface area (Å²) in [7, 11) is 0. The van der Waals surface area contributed by atoms with Crippen LogP contribution < -0.4 is 5.32 Å². The number of aromatic nitrogens is 1. The Kier molecular flexibility index (Phi) is 4.46. The number of nitrogens with one attached hydrogen (secondary N) is 1. The number of anilines is 1. The van der Waals surface area contributed by atoms with E-state index in [0.29, 0.717) is 5.13 Å². The van der Waals surface area contributed by atoms with E-state index in [2.05, 4.69) is 10.3 Å². The highest BCUT2D eigenvalue weighted by Gasteiger charge is 2.28. The monoisotopic (exact) mass is 232 g/mol. The van der Waals surface area contributed by atoms with E-state index in [4.69, 9.17) is 15.3 Å². The fourth-order valence-corrected chi connectivity index (χ4v) is 1.93. The predicted octanol–water partition coefficient (Wildman–Crippen LogP) is -0.167. The zero-order valence-corrected chi connectivity index (χ0v) is 9.42. The number of hydrogen-bond donors (Lipinski definition) is 4. The van der Waals surface area contributed by atoms with E-state index in [-0.39, 0.29) is 19.8 Å². The molecule has 0 bridgehead atoms. The Hall–Kier alpha value is -0.690. The van der Waals surface area contributed by atoms with Crippen molar-refractivity contribution >= 4 is 16.5 Å². The minimum Gasteiger partial charge on any atom is -0.394 e. The Morgan fingerprint density at radius 1 is 1.33 bits per heavy atom. The second-order valence-corrected chi connectivity index (χ2v) is 4.24. The van der Waals surface area contributed by atoms with Crippen LogP contribution >= 0.6 is 11.3 Å². The van der Waals surface area contributed by atoms with Crippen molar-refractivity contribution in [2.24, 2.45) is 0 Å². The third-order valence-corrected chi connectivity index (χ3v) is 3.00. The van der Waals surface area contributed by atoms with Crippen LogP contribution in [0.5, 0.6) is 0 Å². The van der Waals surface area contributed by atoms with Gasteiger partial charge in [0.15, 0.2) is 5.13 Å². The van der Waals surface area contributed by atoms with Gasteiger partial charge in [0.1, 0.15) is 5.54 Å². The first kappa shape index (κ1) is 12.4. The molecule has 0 aliphatic heterocycles. The molecule has 5 nitrogen and oxygen atoms in total. The number of hydrogen-bond acceptors (Lipinski definition) is 6. The molecule has 0 aliphatic rings. The average Bonchev–Trinajstić information content (AvgIpc) is 2.73. The van der Waals surface area contributed by atoms with Gasteiger partial charge in [0.25, 0.3) is 0 Å². The molecule has 1 heterocycles. The summed E-state index contributed by atoms with van der Waals surface area (Å²) in [4.78, 5) is 4.23. The van der Waals surface area contributed by atoms with Crippen LogP contribution in [-0.4, -0.2) is 45.7 Å². The van der Waals surface area contributed by atoms with Gasteiger partial charge < -0.3 is 20.6 Å². The second-order valence-electron chi connectivity index (χ2n) is 3.38. The minimum atomic E-state index is -1.09. The van der Waals surface area contributed by atoms with Gasteiger partial charge >= 0.3 is 0 Å². The van der Waals surface area contributed by atoms with E-state index in [1.165, 1.54) is 11.3 Å². The van der Waals surface area contributed by atoms with Crippen LogP contribution in [-0.2, 0) is 6.42 Å². The van der Waals surface area contributed by atoms with Crippen LogP contribution in [0.2, 0.25) is 0 Å². The zero-order valence-electron chi connectivity index (χ0n) is 8.60. The maximum atomic E-state index is 9.10. The quantitative estimate of drug-likeness (QED) is 0.547. The van der Waals surface area contributed by atoms with Gasteiger partial charge in [-0.25, -0.2) is 4.98 Å². The Bertz CT molecular complexity index is 291. The van der Waals surface area contributed by atoms with E-state index in [0.717, 1.165) is 12.1 Å². The maximum absolute atomic E-state index is 9.10. The second kappa shape index (κ2) is 5.41. The van der Waals surface area contributed by atoms with Crippen molar-refractivity contribution in [1.82, 2.24) is 4.98 Å². The predicted molar refractivity (Wildman–Crippen MR) is 59.1 cm³/mol. The van der Waals surface area contributed by atoms with E-state index >= 15 is 0 Å². The molecule has 1 aromatic rings. The Balaban J connectivity index is 2.73. The molecule has 6 heteroatoms. The van der Waals surface area contributed by atoms with Crippen LogP contribution in [0.4, 0.5) is 5.13 Å². The first-order valence-corrected chi connectivity index (χ1v) is 5.63. The van der Waals surface area contributed by atoms with Crippen molar-refractivity contribution in [3.63, 3.8) is 0 Å². The van der Waals surface area contributed by atoms with Gasteiger partial charge in [0.05, 0.1) is 25.5 Å². The van der Waals surface area contributed by atoms with E-state index in [1.54, 1.807) is 0 Å². The number of aliphatic hydroxyl groups excluding tert-OH is 3. The summed E-state index contributed by atoms with van der Waals surface area (Å²) in [6.07, 6.45) is 0.836. The van der Waals surface area contributed by atoms with Gasteiger partial charge in [-0.2, -0.15) is 0 Å². The molecule has 0 atom stereocenters. The van der Waals surface area contributed by atoms with Crippen molar-refractivity contribution in [2.45, 2.75) is 18.9 Å². The summed E-state index contributed by atoms with van der Waals surface area (Å²) >= 11 is 1.39. The Morgan fingerprint density at radius 3 is 2.33 bits per heavy atom. The van der Waals surface area contributed by atoms with Crippen molar-refractivity contribution in [3.05, 3.63) is 11.1 Å². The summed E-state index contributed by atoms with van der Waals surface area (Å²) in [5.74, 6) is 0. The van der Waals surface area contributed by atoms with Crippen LogP contribution in [0.25, 0.3) is 0 Å². The number of thiazole rings is 1. The number of rotatable bonds is 6. The molecule has 1 aromatic heterocycles. The zero-order chi connectivity index (χ0) is 11.3. The summed E-state index contributed by atoms with van der Waals surface area (Å²) < 4.78 is 0. The molecule has 0 spiro atoms. The normalized spacial score (nSPS) is 11.7. The van der Waals surface area contributed by atoms with E-state index in [1.807, 2.05) is 12.3 Å². The van der Waals surface area contributed by atoms with Gasteiger partial charge in [-0.15, -0.1) is 11.3 Å². The van der Waals surface area contributed by atoms with Crippen molar-refractivity contribution in [2.75, 3.05) is 25.1 Å². The lowest BCUT2D eigenvalue weighted by Crippen LogP contribution is -2.49. The molecule has 4 N–H and O–H groups in total. The third kappa shape index (κ3) is 2.88. The Morgan fingerprint density at radius 2 is 1.93 bits per heavy atom. The molecule has 86 valence electrons. The molecule has 0 unspecified atom stereocenters. The lowest BCUT2D eigenvalue weighted by molar-refractivity contribution is 0.0833. The molecular formula is C9H16N2O3S. The molecule has 0 amide bonds. The van der Waals surface area contributed by atoms with Gasteiger partial charge in [-0.3, -0.25) is 0 Å².